The molecule has 38 valence electrons. The van der Waals surface area contributed by atoms with Crippen molar-refractivity contribution in [3.63, 3.8) is 0 Å². The molecule has 0 amide bonds. The Kier molecular flexibility index (Phi) is 5.26. The van der Waals surface area contributed by atoms with E-state index in [1.807, 2.05) is 6.07 Å². The number of rotatable bonds is 3. The van der Waals surface area contributed by atoms with Gasteiger partial charge in [-0.3, -0.25) is 4.57 Å². The fraction of sp³-hybridized carbons (Fsp3) is 0.750. The van der Waals surface area contributed by atoms with Crippen molar-refractivity contribution in [2.24, 2.45) is 0 Å². The van der Waals surface area contributed by atoms with E-state index in [-0.39, 0.29) is 8.46 Å². The van der Waals surface area contributed by atoms with Gasteiger partial charge in [0.2, 0.25) is 0 Å². The summed E-state index contributed by atoms with van der Waals surface area (Å²) < 4.78 is 9.67. The Morgan fingerprint density at radius 2 is 2.43 bits per heavy atom. The average molecular weight is 115 g/mol. The largest absolute Gasteiger partial charge is 0.275 e. The van der Waals surface area contributed by atoms with Gasteiger partial charge in [-0.05, 0) is 6.42 Å². The molecule has 0 bridgehead atoms. The lowest BCUT2D eigenvalue weighted by Crippen LogP contribution is -1.69. The third-order valence-electron chi connectivity index (χ3n) is 0.538. The Hall–Kier alpha value is -0.410. The predicted molar refractivity (Wildman–Crippen MR) is 27.3 cm³/mol. The Labute approximate surface area is 44.3 Å². The molecule has 0 aromatic rings. The van der Waals surface area contributed by atoms with E-state index < -0.39 is 0 Å². The van der Waals surface area contributed by atoms with Gasteiger partial charge in [0.05, 0.1) is 6.07 Å². The van der Waals surface area contributed by atoms with Crippen LogP contribution in [0.5, 0.6) is 0 Å². The molecule has 0 radical (unpaired) electrons. The molecule has 0 heterocycles. The van der Waals surface area contributed by atoms with Crippen molar-refractivity contribution in [2.45, 2.75) is 12.8 Å². The smallest absolute Gasteiger partial charge is 0.155 e. The van der Waals surface area contributed by atoms with Crippen LogP contribution in [0, 0.1) is 11.3 Å². The van der Waals surface area contributed by atoms with Crippen LogP contribution in [0.1, 0.15) is 12.8 Å². The van der Waals surface area contributed by atoms with Crippen LogP contribution in [0.15, 0.2) is 0 Å². The minimum absolute atomic E-state index is 0.153. The van der Waals surface area contributed by atoms with E-state index in [0.717, 1.165) is 6.42 Å². The van der Waals surface area contributed by atoms with Crippen LogP contribution < -0.4 is 0 Å². The van der Waals surface area contributed by atoms with Crippen molar-refractivity contribution in [1.82, 2.24) is 0 Å². The second-order valence-electron chi connectivity index (χ2n) is 1.11. The lowest BCUT2D eigenvalue weighted by molar-refractivity contribution is 0.597. The Balaban J connectivity index is 2.72. The quantitative estimate of drug-likeness (QED) is 0.413. The van der Waals surface area contributed by atoms with E-state index in [1.165, 1.54) is 0 Å². The van der Waals surface area contributed by atoms with Crippen molar-refractivity contribution < 1.29 is 4.57 Å². The first-order chi connectivity index (χ1) is 3.41. The van der Waals surface area contributed by atoms with Crippen molar-refractivity contribution in [3.05, 3.63) is 0 Å². The predicted octanol–water partition coefficient (Wildman–Crippen LogP) is 1.58. The molecule has 0 spiro atoms. The fourth-order valence-electron chi connectivity index (χ4n) is 0.223. The third-order valence-corrected chi connectivity index (χ3v) is 1.04. The van der Waals surface area contributed by atoms with Gasteiger partial charge in [-0.1, -0.05) is 0 Å². The zero-order valence-electron chi connectivity index (χ0n) is 3.92. The summed E-state index contributed by atoms with van der Waals surface area (Å²) in [6.07, 6.45) is 1.89. The highest BCUT2D eigenvalue weighted by Crippen LogP contribution is 1.96. The molecule has 0 saturated carbocycles. The molecule has 7 heavy (non-hydrogen) atoms. The van der Waals surface area contributed by atoms with Crippen LogP contribution in [-0.4, -0.2) is 6.16 Å². The highest BCUT2D eigenvalue weighted by Gasteiger charge is 1.80. The third kappa shape index (κ3) is 5.59. The van der Waals surface area contributed by atoms with E-state index in [1.54, 1.807) is 0 Å². The van der Waals surface area contributed by atoms with Crippen molar-refractivity contribution in [3.8, 4) is 6.07 Å². The molecular weight excluding hydrogens is 109 g/mol. The van der Waals surface area contributed by atoms with Gasteiger partial charge in [0.1, 0.15) is 0 Å². The average Bonchev–Trinajstić information content (AvgIpc) is 1.69. The maximum Gasteiger partial charge on any atom is 0.155 e. The van der Waals surface area contributed by atoms with E-state index in [9.17, 15) is 4.57 Å². The lowest BCUT2D eigenvalue weighted by Gasteiger charge is -1.75. The normalized spacial score (nSPS) is 8.43. The molecule has 0 aliphatic heterocycles. The molecule has 0 unspecified atom stereocenters. The maximum absolute atomic E-state index is 9.67. The summed E-state index contributed by atoms with van der Waals surface area (Å²) in [7, 11) is 0.153. The molecule has 0 fully saturated rings. The lowest BCUT2D eigenvalue weighted by atomic mass is 10.4. The summed E-state index contributed by atoms with van der Waals surface area (Å²) in [5.74, 6) is 0. The van der Waals surface area contributed by atoms with Crippen molar-refractivity contribution in [1.29, 1.82) is 5.26 Å². The van der Waals surface area contributed by atoms with Crippen LogP contribution in [0.25, 0.3) is 0 Å². The van der Waals surface area contributed by atoms with Gasteiger partial charge in [-0.25, -0.2) is 0 Å². The van der Waals surface area contributed by atoms with E-state index in [4.69, 9.17) is 5.26 Å². The fourth-order valence-corrected chi connectivity index (χ4v) is 0.510. The Bertz CT molecular complexity index is 86.2. The first-order valence-corrected chi connectivity index (χ1v) is 3.07. The first-order valence-electron chi connectivity index (χ1n) is 2.08. The Morgan fingerprint density at radius 1 is 1.71 bits per heavy atom. The molecule has 2 nitrogen and oxygen atoms in total. The van der Waals surface area contributed by atoms with Crippen molar-refractivity contribution in [2.75, 3.05) is 6.16 Å². The maximum atomic E-state index is 9.67. The number of nitriles is 1. The van der Waals surface area contributed by atoms with Gasteiger partial charge >= 0.3 is 0 Å². The molecule has 0 aromatic heterocycles. The second-order valence-corrected chi connectivity index (χ2v) is 1.82. The second kappa shape index (κ2) is 5.59. The zero-order chi connectivity index (χ0) is 5.54. The molecular formula is C4H6NOP. The first kappa shape index (κ1) is 6.59. The molecule has 0 aliphatic rings. The van der Waals surface area contributed by atoms with Gasteiger partial charge in [-0.15, -0.1) is 0 Å². The van der Waals surface area contributed by atoms with Crippen LogP contribution >= 0.6 is 8.46 Å². The summed E-state index contributed by atoms with van der Waals surface area (Å²) in [6, 6.07) is 1.96. The number of hydrogen-bond donors (Lipinski definition) is 0. The standard InChI is InChI=1S/C4H6NOP/c5-3-1-2-4-7-6/h1-2,4H2. The van der Waals surface area contributed by atoms with Gasteiger partial charge in [0.15, 0.2) is 8.46 Å². The highest BCUT2D eigenvalue weighted by atomic mass is 31.1. The molecule has 0 saturated heterocycles. The highest BCUT2D eigenvalue weighted by molar-refractivity contribution is 7.23. The van der Waals surface area contributed by atoms with Crippen LogP contribution in [0.2, 0.25) is 0 Å². The minimum atomic E-state index is 0.153. The van der Waals surface area contributed by atoms with Crippen molar-refractivity contribution >= 4 is 8.46 Å². The summed E-state index contributed by atoms with van der Waals surface area (Å²) >= 11 is 0. The Morgan fingerprint density at radius 3 is 2.86 bits per heavy atom. The van der Waals surface area contributed by atoms with E-state index in [0.29, 0.717) is 12.6 Å². The molecule has 3 heteroatoms. The zero-order valence-corrected chi connectivity index (χ0v) is 4.82. The van der Waals surface area contributed by atoms with Gasteiger partial charge in [0, 0.05) is 12.6 Å². The summed E-state index contributed by atoms with van der Waals surface area (Å²) in [5, 5.41) is 7.94. The van der Waals surface area contributed by atoms with Gasteiger partial charge in [0.25, 0.3) is 0 Å². The molecule has 0 atom stereocenters. The van der Waals surface area contributed by atoms with Crippen LogP contribution in [-0.2, 0) is 4.57 Å². The van der Waals surface area contributed by atoms with E-state index >= 15 is 0 Å². The summed E-state index contributed by atoms with van der Waals surface area (Å²) in [6.45, 7) is 0. The van der Waals surface area contributed by atoms with Crippen LogP contribution in [0.4, 0.5) is 0 Å². The number of nitrogens with zero attached hydrogens (tertiary/aromatic N) is 1. The van der Waals surface area contributed by atoms with E-state index in [2.05, 4.69) is 0 Å². The van der Waals surface area contributed by atoms with Gasteiger partial charge in [-0.2, -0.15) is 5.26 Å². The summed E-state index contributed by atoms with van der Waals surface area (Å²) in [5.41, 5.74) is 0. The minimum Gasteiger partial charge on any atom is -0.275 e. The molecule has 0 aliphatic carbocycles. The molecule has 0 rings (SSSR count). The molecule has 0 N–H and O–H groups in total. The van der Waals surface area contributed by atoms with Crippen LogP contribution in [0.3, 0.4) is 0 Å². The monoisotopic (exact) mass is 115 g/mol. The topological polar surface area (TPSA) is 40.9 Å². The number of unbranched alkanes of at least 4 members (excludes halogenated alkanes) is 1. The number of hydrogen-bond acceptors (Lipinski definition) is 2. The summed E-state index contributed by atoms with van der Waals surface area (Å²) in [4.78, 5) is 0. The molecule has 0 aromatic carbocycles. The SMILES string of the molecule is N#CCCCP=O. The van der Waals surface area contributed by atoms with Gasteiger partial charge < -0.3 is 0 Å².